The molecule has 5 heteroatoms. The monoisotopic (exact) mass is 264 g/mol. The summed E-state index contributed by atoms with van der Waals surface area (Å²) in [6.07, 6.45) is 7.85. The van der Waals surface area contributed by atoms with Gasteiger partial charge in [-0.3, -0.25) is 0 Å². The highest BCUT2D eigenvalue weighted by Gasteiger charge is 2.25. The van der Waals surface area contributed by atoms with E-state index in [-0.39, 0.29) is 0 Å². The summed E-state index contributed by atoms with van der Waals surface area (Å²) >= 11 is 3.25. The van der Waals surface area contributed by atoms with Gasteiger partial charge in [-0.1, -0.05) is 0 Å². The van der Waals surface area contributed by atoms with Gasteiger partial charge in [-0.2, -0.15) is 5.10 Å². The molecular weight excluding hydrogens is 256 g/mol. The Morgan fingerprint density at radius 3 is 2.80 bits per heavy atom. The summed E-state index contributed by atoms with van der Waals surface area (Å²) < 4.78 is 2.51. The maximum absolute atomic E-state index is 4.47. The van der Waals surface area contributed by atoms with Gasteiger partial charge < -0.3 is 0 Å². The van der Waals surface area contributed by atoms with Gasteiger partial charge in [0.1, 0.15) is 4.60 Å². The zero-order chi connectivity index (χ0) is 10.3. The van der Waals surface area contributed by atoms with Crippen LogP contribution in [0.2, 0.25) is 0 Å². The molecular formula is C10H9BrN4. The molecule has 0 spiro atoms. The van der Waals surface area contributed by atoms with Gasteiger partial charge in [-0.25, -0.2) is 14.6 Å². The molecule has 0 unspecified atom stereocenters. The first-order valence-corrected chi connectivity index (χ1v) is 5.66. The summed E-state index contributed by atoms with van der Waals surface area (Å²) in [6.45, 7) is 0. The van der Waals surface area contributed by atoms with Gasteiger partial charge in [-0.05, 0) is 34.8 Å². The Morgan fingerprint density at radius 1 is 1.27 bits per heavy atom. The lowest BCUT2D eigenvalue weighted by molar-refractivity contribution is 0.804. The summed E-state index contributed by atoms with van der Waals surface area (Å²) in [5.74, 6) is 1.43. The molecule has 0 aromatic carbocycles. The van der Waals surface area contributed by atoms with Crippen LogP contribution in [0.3, 0.4) is 0 Å². The fourth-order valence-electron chi connectivity index (χ4n) is 1.49. The molecule has 2 aromatic rings. The van der Waals surface area contributed by atoms with Crippen molar-refractivity contribution in [2.75, 3.05) is 0 Å². The van der Waals surface area contributed by atoms with Crippen molar-refractivity contribution in [2.45, 2.75) is 18.8 Å². The van der Waals surface area contributed by atoms with E-state index in [1.807, 2.05) is 6.20 Å². The fourth-order valence-corrected chi connectivity index (χ4v) is 1.69. The van der Waals surface area contributed by atoms with Crippen LogP contribution in [0.15, 0.2) is 29.3 Å². The molecule has 0 bridgehead atoms. The van der Waals surface area contributed by atoms with Crippen LogP contribution in [0.5, 0.6) is 0 Å². The number of rotatable bonds is 2. The summed E-state index contributed by atoms with van der Waals surface area (Å²) in [5.41, 5.74) is 1.17. The fraction of sp³-hybridized carbons (Fsp3) is 0.300. The predicted octanol–water partition coefficient (Wildman–Crippen LogP) is 2.30. The van der Waals surface area contributed by atoms with Crippen molar-refractivity contribution in [2.24, 2.45) is 0 Å². The van der Waals surface area contributed by atoms with E-state index in [9.17, 15) is 0 Å². The van der Waals surface area contributed by atoms with E-state index in [2.05, 4.69) is 37.1 Å². The maximum atomic E-state index is 4.47. The quantitative estimate of drug-likeness (QED) is 0.836. The van der Waals surface area contributed by atoms with E-state index in [4.69, 9.17) is 0 Å². The summed E-state index contributed by atoms with van der Waals surface area (Å²) in [6, 6.07) is 2.06. The molecule has 1 aliphatic rings. The summed E-state index contributed by atoms with van der Waals surface area (Å²) in [4.78, 5) is 8.35. The van der Waals surface area contributed by atoms with Gasteiger partial charge in [0.25, 0.3) is 0 Å². The van der Waals surface area contributed by atoms with Crippen molar-refractivity contribution < 1.29 is 0 Å². The highest BCUT2D eigenvalue weighted by Crippen LogP contribution is 2.38. The minimum absolute atomic E-state index is 0.676. The Labute approximate surface area is 95.5 Å². The molecule has 0 saturated heterocycles. The summed E-state index contributed by atoms with van der Waals surface area (Å²) in [5, 5.41) is 4.47. The molecule has 15 heavy (non-hydrogen) atoms. The lowest BCUT2D eigenvalue weighted by Crippen LogP contribution is -1.99. The van der Waals surface area contributed by atoms with E-state index in [0.29, 0.717) is 5.92 Å². The third-order valence-electron chi connectivity index (χ3n) is 2.45. The molecule has 76 valence electrons. The van der Waals surface area contributed by atoms with E-state index in [0.717, 1.165) is 10.4 Å². The Kier molecular flexibility index (Phi) is 2.05. The molecule has 1 aliphatic carbocycles. The zero-order valence-electron chi connectivity index (χ0n) is 7.97. The Morgan fingerprint density at radius 2 is 2.13 bits per heavy atom. The zero-order valence-corrected chi connectivity index (χ0v) is 9.55. The number of aromatic nitrogens is 4. The lowest BCUT2D eigenvalue weighted by Gasteiger charge is -1.98. The predicted molar refractivity (Wildman–Crippen MR) is 58.8 cm³/mol. The molecule has 3 rings (SSSR count). The SMILES string of the molecule is Brc1cnc(-n2ccc(C3CC3)n2)cn1. The van der Waals surface area contributed by atoms with Gasteiger partial charge in [0.2, 0.25) is 0 Å². The van der Waals surface area contributed by atoms with E-state index in [1.165, 1.54) is 18.5 Å². The molecule has 0 aliphatic heterocycles. The minimum Gasteiger partial charge on any atom is -0.244 e. The van der Waals surface area contributed by atoms with Crippen LogP contribution >= 0.6 is 15.9 Å². The highest BCUT2D eigenvalue weighted by molar-refractivity contribution is 9.10. The third-order valence-corrected chi connectivity index (χ3v) is 2.86. The number of nitrogens with zero attached hydrogens (tertiary/aromatic N) is 4. The van der Waals surface area contributed by atoms with Crippen LogP contribution in [-0.2, 0) is 0 Å². The second-order valence-corrected chi connectivity index (χ2v) is 4.47. The molecule has 0 atom stereocenters. The van der Waals surface area contributed by atoms with Crippen LogP contribution in [0.1, 0.15) is 24.5 Å². The first-order valence-electron chi connectivity index (χ1n) is 4.86. The normalized spacial score (nSPS) is 15.5. The van der Waals surface area contributed by atoms with Gasteiger partial charge in [-0.15, -0.1) is 0 Å². The van der Waals surface area contributed by atoms with Gasteiger partial charge in [0.05, 0.1) is 18.1 Å². The average Bonchev–Trinajstić information content (AvgIpc) is 2.99. The molecule has 2 heterocycles. The Balaban J connectivity index is 1.93. The van der Waals surface area contributed by atoms with Gasteiger partial charge in [0, 0.05) is 12.1 Å². The molecule has 4 nitrogen and oxygen atoms in total. The second-order valence-electron chi connectivity index (χ2n) is 3.66. The van der Waals surface area contributed by atoms with Crippen molar-refractivity contribution in [1.29, 1.82) is 0 Å². The van der Waals surface area contributed by atoms with Gasteiger partial charge in [0.15, 0.2) is 5.82 Å². The first kappa shape index (κ1) is 9.03. The largest absolute Gasteiger partial charge is 0.244 e. The van der Waals surface area contributed by atoms with Gasteiger partial charge >= 0.3 is 0 Å². The lowest BCUT2D eigenvalue weighted by atomic mass is 10.3. The maximum Gasteiger partial charge on any atom is 0.171 e. The molecule has 1 saturated carbocycles. The number of halogens is 1. The van der Waals surface area contributed by atoms with Crippen LogP contribution < -0.4 is 0 Å². The van der Waals surface area contributed by atoms with Crippen molar-refractivity contribution in [1.82, 2.24) is 19.7 Å². The Hall–Kier alpha value is -1.23. The molecule has 1 fully saturated rings. The highest BCUT2D eigenvalue weighted by atomic mass is 79.9. The standard InChI is InChI=1S/C10H9BrN4/c11-9-5-13-10(6-12-9)15-4-3-8(14-15)7-1-2-7/h3-7H,1-2H2. The van der Waals surface area contributed by atoms with Crippen LogP contribution in [-0.4, -0.2) is 19.7 Å². The van der Waals surface area contributed by atoms with Crippen LogP contribution in [0.4, 0.5) is 0 Å². The third kappa shape index (κ3) is 1.79. The molecule has 0 amide bonds. The average molecular weight is 265 g/mol. The van der Waals surface area contributed by atoms with E-state index >= 15 is 0 Å². The summed E-state index contributed by atoms with van der Waals surface area (Å²) in [7, 11) is 0. The number of hydrogen-bond acceptors (Lipinski definition) is 3. The second kappa shape index (κ2) is 3.41. The number of hydrogen-bond donors (Lipinski definition) is 0. The molecule has 0 radical (unpaired) electrons. The van der Waals surface area contributed by atoms with E-state index < -0.39 is 0 Å². The van der Waals surface area contributed by atoms with Crippen molar-refractivity contribution in [3.63, 3.8) is 0 Å². The smallest absolute Gasteiger partial charge is 0.171 e. The van der Waals surface area contributed by atoms with E-state index in [1.54, 1.807) is 17.1 Å². The van der Waals surface area contributed by atoms with Crippen molar-refractivity contribution >= 4 is 15.9 Å². The van der Waals surface area contributed by atoms with Crippen LogP contribution in [0, 0.1) is 0 Å². The topological polar surface area (TPSA) is 43.6 Å². The molecule has 2 aromatic heterocycles. The van der Waals surface area contributed by atoms with Crippen molar-refractivity contribution in [3.05, 3.63) is 35.0 Å². The van der Waals surface area contributed by atoms with Crippen molar-refractivity contribution in [3.8, 4) is 5.82 Å². The first-order chi connectivity index (χ1) is 7.33. The van der Waals surface area contributed by atoms with Crippen LogP contribution in [0.25, 0.3) is 5.82 Å². The minimum atomic E-state index is 0.676. The Bertz CT molecular complexity index is 472. The molecule has 0 N–H and O–H groups in total.